The number of anilines is 3. The fourth-order valence-electron chi connectivity index (χ4n) is 1.65. The van der Waals surface area contributed by atoms with Crippen molar-refractivity contribution in [2.24, 2.45) is 0 Å². The Morgan fingerprint density at radius 1 is 1.24 bits per heavy atom. The molecule has 0 unspecified atom stereocenters. The first-order chi connectivity index (χ1) is 10.1. The van der Waals surface area contributed by atoms with Crippen LogP contribution in [-0.4, -0.2) is 36.7 Å². The number of aromatic nitrogens is 2. The molecule has 1 heterocycles. The van der Waals surface area contributed by atoms with Crippen LogP contribution in [0.5, 0.6) is 0 Å². The van der Waals surface area contributed by atoms with Gasteiger partial charge in [-0.1, -0.05) is 18.3 Å². The fourth-order valence-corrected chi connectivity index (χ4v) is 2.31. The van der Waals surface area contributed by atoms with Crippen LogP contribution in [0.2, 0.25) is 0 Å². The molecule has 0 aliphatic rings. The summed E-state index contributed by atoms with van der Waals surface area (Å²) in [5.41, 5.74) is 1.82. The van der Waals surface area contributed by atoms with Crippen molar-refractivity contribution in [3.8, 4) is 0 Å². The molecule has 112 valence electrons. The maximum Gasteiger partial charge on any atom is 0.286 e. The number of amides is 1. The molecule has 0 bridgehead atoms. The van der Waals surface area contributed by atoms with E-state index in [4.69, 9.17) is 0 Å². The molecule has 1 aromatic heterocycles. The van der Waals surface area contributed by atoms with E-state index in [0.29, 0.717) is 10.1 Å². The summed E-state index contributed by atoms with van der Waals surface area (Å²) in [6.07, 6.45) is 0.999. The van der Waals surface area contributed by atoms with Gasteiger partial charge in [0.05, 0.1) is 0 Å². The van der Waals surface area contributed by atoms with Gasteiger partial charge in [0.2, 0.25) is 10.1 Å². The van der Waals surface area contributed by atoms with Gasteiger partial charge in [-0.25, -0.2) is 0 Å². The van der Waals surface area contributed by atoms with Crippen molar-refractivity contribution in [1.29, 1.82) is 0 Å². The van der Waals surface area contributed by atoms with Gasteiger partial charge in [0.1, 0.15) is 0 Å². The Kier molecular flexibility index (Phi) is 5.10. The highest BCUT2D eigenvalue weighted by Gasteiger charge is 2.12. The quantitative estimate of drug-likeness (QED) is 0.858. The molecular weight excluding hydrogens is 286 g/mol. The molecule has 0 aliphatic heterocycles. The summed E-state index contributed by atoms with van der Waals surface area (Å²) in [4.78, 5) is 14.1. The van der Waals surface area contributed by atoms with Gasteiger partial charge in [0.25, 0.3) is 5.91 Å². The van der Waals surface area contributed by atoms with E-state index in [1.165, 1.54) is 11.3 Å². The minimum absolute atomic E-state index is 0.241. The average Bonchev–Trinajstić information content (AvgIpc) is 2.94. The largest absolute Gasteiger partial charge is 0.378 e. The molecule has 1 aromatic carbocycles. The lowest BCUT2D eigenvalue weighted by molar-refractivity contribution is 0.102. The molecule has 21 heavy (non-hydrogen) atoms. The van der Waals surface area contributed by atoms with Crippen LogP contribution in [0.4, 0.5) is 16.5 Å². The molecule has 0 fully saturated rings. The van der Waals surface area contributed by atoms with E-state index in [-0.39, 0.29) is 5.91 Å². The number of carbonyl (C=O) groups excluding carboxylic acids is 1. The number of benzene rings is 1. The average molecular weight is 305 g/mol. The summed E-state index contributed by atoms with van der Waals surface area (Å²) in [5.74, 6) is -0.241. The van der Waals surface area contributed by atoms with E-state index >= 15 is 0 Å². The smallest absolute Gasteiger partial charge is 0.286 e. The van der Waals surface area contributed by atoms with Crippen molar-refractivity contribution in [1.82, 2.24) is 10.2 Å². The van der Waals surface area contributed by atoms with Crippen LogP contribution in [0.25, 0.3) is 0 Å². The van der Waals surface area contributed by atoms with Crippen LogP contribution < -0.4 is 15.5 Å². The maximum atomic E-state index is 12.1. The normalized spacial score (nSPS) is 10.2. The highest BCUT2D eigenvalue weighted by molar-refractivity contribution is 7.17. The van der Waals surface area contributed by atoms with E-state index in [1.807, 2.05) is 43.3 Å². The lowest BCUT2D eigenvalue weighted by atomic mass is 10.2. The van der Waals surface area contributed by atoms with E-state index in [9.17, 15) is 4.79 Å². The van der Waals surface area contributed by atoms with Crippen LogP contribution in [0, 0.1) is 0 Å². The third-order valence-electron chi connectivity index (χ3n) is 2.79. The molecule has 7 heteroatoms. The second kappa shape index (κ2) is 7.03. The number of nitrogens with zero attached hydrogens (tertiary/aromatic N) is 3. The highest BCUT2D eigenvalue weighted by atomic mass is 32.1. The van der Waals surface area contributed by atoms with Gasteiger partial charge in [-0.05, 0) is 30.7 Å². The van der Waals surface area contributed by atoms with Crippen molar-refractivity contribution < 1.29 is 4.79 Å². The maximum absolute atomic E-state index is 12.1. The van der Waals surface area contributed by atoms with Crippen molar-refractivity contribution in [2.45, 2.75) is 13.3 Å². The molecular formula is C14H19N5OS. The van der Waals surface area contributed by atoms with Gasteiger partial charge in [-0.2, -0.15) is 0 Å². The third kappa shape index (κ3) is 4.16. The lowest BCUT2D eigenvalue weighted by Crippen LogP contribution is -2.12. The Morgan fingerprint density at radius 3 is 2.57 bits per heavy atom. The minimum Gasteiger partial charge on any atom is -0.378 e. The molecule has 2 aromatic rings. The number of carbonyl (C=O) groups is 1. The van der Waals surface area contributed by atoms with Gasteiger partial charge >= 0.3 is 0 Å². The van der Waals surface area contributed by atoms with E-state index in [1.54, 1.807) is 0 Å². The van der Waals surface area contributed by atoms with Gasteiger partial charge in [-0.3, -0.25) is 4.79 Å². The number of rotatable bonds is 6. The standard InChI is InChI=1S/C14H19N5OS/c1-4-9-15-14-18-17-13(21-14)12(20)16-10-5-7-11(8-6-10)19(2)3/h5-8H,4,9H2,1-3H3,(H,15,18)(H,16,20). The topological polar surface area (TPSA) is 70.1 Å². The highest BCUT2D eigenvalue weighted by Crippen LogP contribution is 2.19. The zero-order valence-corrected chi connectivity index (χ0v) is 13.2. The summed E-state index contributed by atoms with van der Waals surface area (Å²) in [7, 11) is 3.94. The Bertz CT molecular complexity index is 594. The van der Waals surface area contributed by atoms with Crippen LogP contribution in [0.1, 0.15) is 23.1 Å². The summed E-state index contributed by atoms with van der Waals surface area (Å²) in [5, 5.41) is 14.8. The molecule has 0 saturated heterocycles. The summed E-state index contributed by atoms with van der Waals surface area (Å²) in [6.45, 7) is 2.89. The van der Waals surface area contributed by atoms with Crippen molar-refractivity contribution in [3.05, 3.63) is 29.3 Å². The molecule has 0 spiro atoms. The van der Waals surface area contributed by atoms with Crippen molar-refractivity contribution in [2.75, 3.05) is 36.2 Å². The second-order valence-corrected chi connectivity index (χ2v) is 5.71. The minimum atomic E-state index is -0.241. The zero-order valence-electron chi connectivity index (χ0n) is 12.4. The Balaban J connectivity index is 1.98. The molecule has 6 nitrogen and oxygen atoms in total. The zero-order chi connectivity index (χ0) is 15.2. The number of hydrogen-bond acceptors (Lipinski definition) is 6. The van der Waals surface area contributed by atoms with Crippen molar-refractivity contribution >= 4 is 33.8 Å². The first kappa shape index (κ1) is 15.2. The van der Waals surface area contributed by atoms with Crippen LogP contribution in [0.15, 0.2) is 24.3 Å². The van der Waals surface area contributed by atoms with Crippen molar-refractivity contribution in [3.63, 3.8) is 0 Å². The Hall–Kier alpha value is -2.15. The monoisotopic (exact) mass is 305 g/mol. The lowest BCUT2D eigenvalue weighted by Gasteiger charge is -2.12. The first-order valence-corrected chi connectivity index (χ1v) is 7.58. The summed E-state index contributed by atoms with van der Waals surface area (Å²) < 4.78 is 0. The van der Waals surface area contributed by atoms with Crippen LogP contribution >= 0.6 is 11.3 Å². The second-order valence-electron chi connectivity index (χ2n) is 4.73. The SMILES string of the molecule is CCCNc1nnc(C(=O)Nc2ccc(N(C)C)cc2)s1. The van der Waals surface area contributed by atoms with Gasteiger partial charge < -0.3 is 15.5 Å². The van der Waals surface area contributed by atoms with Crippen LogP contribution in [-0.2, 0) is 0 Å². The van der Waals surface area contributed by atoms with Gasteiger partial charge in [-0.15, -0.1) is 10.2 Å². The molecule has 0 aliphatic carbocycles. The molecule has 2 N–H and O–H groups in total. The predicted octanol–water partition coefficient (Wildman–Crippen LogP) is 2.68. The van der Waals surface area contributed by atoms with Gasteiger partial charge in [0.15, 0.2) is 0 Å². The number of nitrogens with one attached hydrogen (secondary N) is 2. The molecule has 1 amide bonds. The van der Waals surface area contributed by atoms with E-state index < -0.39 is 0 Å². The molecule has 0 saturated carbocycles. The first-order valence-electron chi connectivity index (χ1n) is 6.76. The Labute approximate surface area is 128 Å². The molecule has 2 rings (SSSR count). The predicted molar refractivity (Wildman–Crippen MR) is 87.4 cm³/mol. The molecule has 0 radical (unpaired) electrons. The fraction of sp³-hybridized carbons (Fsp3) is 0.357. The molecule has 0 atom stereocenters. The summed E-state index contributed by atoms with van der Waals surface area (Å²) >= 11 is 1.25. The van der Waals surface area contributed by atoms with E-state index in [0.717, 1.165) is 24.3 Å². The Morgan fingerprint density at radius 2 is 1.95 bits per heavy atom. The van der Waals surface area contributed by atoms with Crippen LogP contribution in [0.3, 0.4) is 0 Å². The van der Waals surface area contributed by atoms with E-state index in [2.05, 4.69) is 27.8 Å². The van der Waals surface area contributed by atoms with Gasteiger partial charge in [0, 0.05) is 32.0 Å². The third-order valence-corrected chi connectivity index (χ3v) is 3.67. The number of hydrogen-bond donors (Lipinski definition) is 2. The summed E-state index contributed by atoms with van der Waals surface area (Å²) in [6, 6.07) is 7.63.